The number of allylic oxidation sites excluding steroid dienone is 2. The van der Waals surface area contributed by atoms with E-state index in [0.29, 0.717) is 28.6 Å². The van der Waals surface area contributed by atoms with Crippen molar-refractivity contribution < 1.29 is 9.90 Å². The second kappa shape index (κ2) is 5.82. The molecule has 1 N–H and O–H groups in total. The summed E-state index contributed by atoms with van der Waals surface area (Å²) in [5.74, 6) is -0.0488. The van der Waals surface area contributed by atoms with Crippen LogP contribution >= 0.6 is 23.2 Å². The number of ketones is 1. The van der Waals surface area contributed by atoms with Crippen molar-refractivity contribution in [2.24, 2.45) is 10.4 Å². The van der Waals surface area contributed by atoms with E-state index in [1.807, 2.05) is 20.8 Å². The predicted octanol–water partition coefficient (Wildman–Crippen LogP) is 5.21. The smallest absolute Gasteiger partial charge is 0.168 e. The number of halogens is 2. The van der Waals surface area contributed by atoms with Crippen LogP contribution in [-0.4, -0.2) is 17.1 Å². The molecule has 0 saturated carbocycles. The molecule has 0 bridgehead atoms. The number of carbonyl (C=O) groups excluding carboxylic acids is 1. The molecule has 5 heteroatoms. The summed E-state index contributed by atoms with van der Waals surface area (Å²) in [6.45, 7) is 5.75. The quantitative estimate of drug-likeness (QED) is 0.759. The number of aryl methyl sites for hydroxylation is 1. The van der Waals surface area contributed by atoms with Gasteiger partial charge < -0.3 is 5.11 Å². The number of Topliss-reactive ketones (excluding diaryl/α,β-unsaturated/α-hetero) is 1. The molecule has 0 heterocycles. The third-order valence-corrected chi connectivity index (χ3v) is 4.26. The minimum absolute atomic E-state index is 0.0693. The lowest BCUT2D eigenvalue weighted by molar-refractivity contribution is -0.117. The topological polar surface area (TPSA) is 49.7 Å². The van der Waals surface area contributed by atoms with Gasteiger partial charge in [0.2, 0.25) is 0 Å². The van der Waals surface area contributed by atoms with Crippen molar-refractivity contribution in [2.75, 3.05) is 0 Å². The molecule has 3 nitrogen and oxygen atoms in total. The number of benzene rings is 1. The third-order valence-electron chi connectivity index (χ3n) is 3.48. The van der Waals surface area contributed by atoms with E-state index in [1.165, 1.54) is 6.21 Å². The van der Waals surface area contributed by atoms with Gasteiger partial charge in [0.25, 0.3) is 0 Å². The number of hydrogen-bond acceptors (Lipinski definition) is 3. The highest BCUT2D eigenvalue weighted by molar-refractivity contribution is 6.39. The lowest BCUT2D eigenvalue weighted by atomic mass is 9.77. The zero-order valence-corrected chi connectivity index (χ0v) is 13.7. The van der Waals surface area contributed by atoms with Crippen LogP contribution in [0.1, 0.15) is 32.3 Å². The first-order valence-electron chi connectivity index (χ1n) is 6.65. The van der Waals surface area contributed by atoms with E-state index in [1.54, 1.807) is 12.1 Å². The number of aliphatic imine (C=N–C) groups is 1. The monoisotopic (exact) mass is 325 g/mol. The lowest BCUT2D eigenvalue weighted by Crippen LogP contribution is -2.26. The van der Waals surface area contributed by atoms with Crippen LogP contribution in [0.25, 0.3) is 0 Å². The van der Waals surface area contributed by atoms with Crippen molar-refractivity contribution in [3.05, 3.63) is 39.1 Å². The Bertz CT molecular complexity index is 660. The first-order chi connectivity index (χ1) is 9.71. The Labute approximate surface area is 134 Å². The van der Waals surface area contributed by atoms with Gasteiger partial charge in [0.15, 0.2) is 5.78 Å². The molecule has 1 aliphatic rings. The molecule has 0 atom stereocenters. The maximum absolute atomic E-state index is 12.1. The van der Waals surface area contributed by atoms with Gasteiger partial charge in [-0.15, -0.1) is 0 Å². The Hall–Kier alpha value is -1.32. The van der Waals surface area contributed by atoms with Crippen LogP contribution in [0.15, 0.2) is 28.5 Å². The number of rotatable bonds is 2. The van der Waals surface area contributed by atoms with Crippen molar-refractivity contribution in [3.8, 4) is 0 Å². The molecule has 1 aromatic carbocycles. The number of nitrogens with zero attached hydrogens (tertiary/aromatic N) is 1. The largest absolute Gasteiger partial charge is 0.511 e. The summed E-state index contributed by atoms with van der Waals surface area (Å²) in [5, 5.41) is 10.9. The van der Waals surface area contributed by atoms with Gasteiger partial charge in [-0.2, -0.15) is 0 Å². The molecule has 0 amide bonds. The second-order valence-corrected chi connectivity index (χ2v) is 6.87. The van der Waals surface area contributed by atoms with Crippen LogP contribution in [0.3, 0.4) is 0 Å². The molecular weight excluding hydrogens is 309 g/mol. The van der Waals surface area contributed by atoms with Crippen LogP contribution in [0, 0.1) is 12.3 Å². The first kappa shape index (κ1) is 16.1. The van der Waals surface area contributed by atoms with Crippen LogP contribution in [0.5, 0.6) is 0 Å². The zero-order chi connectivity index (χ0) is 15.8. The van der Waals surface area contributed by atoms with Crippen molar-refractivity contribution >= 4 is 40.9 Å². The maximum Gasteiger partial charge on any atom is 0.168 e. The van der Waals surface area contributed by atoms with E-state index in [4.69, 9.17) is 23.2 Å². The SMILES string of the molecule is Cc1ccc(Cl)c(N=CC2=C(O)CC(C)(C)CC2=O)c1Cl. The Morgan fingerprint density at radius 3 is 2.57 bits per heavy atom. The minimum Gasteiger partial charge on any atom is -0.511 e. The van der Waals surface area contributed by atoms with Gasteiger partial charge >= 0.3 is 0 Å². The summed E-state index contributed by atoms with van der Waals surface area (Å²) in [5.41, 5.74) is 1.28. The van der Waals surface area contributed by atoms with E-state index in [0.717, 1.165) is 5.56 Å². The van der Waals surface area contributed by atoms with Gasteiger partial charge in [-0.3, -0.25) is 9.79 Å². The Balaban J connectivity index is 2.38. The van der Waals surface area contributed by atoms with E-state index >= 15 is 0 Å². The summed E-state index contributed by atoms with van der Waals surface area (Å²) in [7, 11) is 0. The highest BCUT2D eigenvalue weighted by atomic mass is 35.5. The molecule has 112 valence electrons. The Morgan fingerprint density at radius 1 is 1.29 bits per heavy atom. The van der Waals surface area contributed by atoms with Crippen LogP contribution < -0.4 is 0 Å². The highest BCUT2D eigenvalue weighted by Gasteiger charge is 2.32. The summed E-state index contributed by atoms with van der Waals surface area (Å²) in [6, 6.07) is 3.50. The molecule has 0 aliphatic heterocycles. The first-order valence-corrected chi connectivity index (χ1v) is 7.41. The molecule has 1 aliphatic carbocycles. The van der Waals surface area contributed by atoms with E-state index < -0.39 is 0 Å². The van der Waals surface area contributed by atoms with Crippen LogP contribution in [-0.2, 0) is 4.79 Å². The molecular formula is C16H17Cl2NO2. The van der Waals surface area contributed by atoms with Gasteiger partial charge in [0.05, 0.1) is 15.6 Å². The van der Waals surface area contributed by atoms with Crippen molar-refractivity contribution in [1.29, 1.82) is 0 Å². The van der Waals surface area contributed by atoms with Crippen molar-refractivity contribution in [3.63, 3.8) is 0 Å². The molecule has 0 aromatic heterocycles. The van der Waals surface area contributed by atoms with Gasteiger partial charge in [0, 0.05) is 19.1 Å². The van der Waals surface area contributed by atoms with Gasteiger partial charge in [-0.25, -0.2) is 0 Å². The average molecular weight is 326 g/mol. The zero-order valence-electron chi connectivity index (χ0n) is 12.2. The van der Waals surface area contributed by atoms with Gasteiger partial charge in [-0.1, -0.05) is 43.1 Å². The second-order valence-electron chi connectivity index (χ2n) is 6.09. The Kier molecular flexibility index (Phi) is 4.45. The summed E-state index contributed by atoms with van der Waals surface area (Å²) < 4.78 is 0. The molecule has 1 aromatic rings. The third kappa shape index (κ3) is 3.47. The molecule has 2 rings (SSSR count). The summed E-state index contributed by atoms with van der Waals surface area (Å²) >= 11 is 12.2. The number of aliphatic hydroxyl groups is 1. The van der Waals surface area contributed by atoms with E-state index in [9.17, 15) is 9.90 Å². The van der Waals surface area contributed by atoms with E-state index in [-0.39, 0.29) is 22.5 Å². The minimum atomic E-state index is -0.225. The standard InChI is InChI=1S/C16H17Cl2NO2/c1-9-4-5-11(17)15(14(9)18)19-8-10-12(20)6-16(2,3)7-13(10)21/h4-5,8,20H,6-7H2,1-3H3. The van der Waals surface area contributed by atoms with Gasteiger partial charge in [-0.05, 0) is 24.0 Å². The fourth-order valence-corrected chi connectivity index (χ4v) is 2.81. The lowest BCUT2D eigenvalue weighted by Gasteiger charge is -2.28. The number of hydrogen-bond donors (Lipinski definition) is 1. The fourth-order valence-electron chi connectivity index (χ4n) is 2.34. The Morgan fingerprint density at radius 2 is 1.95 bits per heavy atom. The maximum atomic E-state index is 12.1. The molecule has 0 saturated heterocycles. The molecule has 0 unspecified atom stereocenters. The summed E-state index contributed by atoms with van der Waals surface area (Å²) in [4.78, 5) is 16.3. The summed E-state index contributed by atoms with van der Waals surface area (Å²) in [6.07, 6.45) is 2.20. The van der Waals surface area contributed by atoms with Crippen LogP contribution in [0.2, 0.25) is 10.0 Å². The van der Waals surface area contributed by atoms with Crippen molar-refractivity contribution in [1.82, 2.24) is 0 Å². The fraction of sp³-hybridized carbons (Fsp3) is 0.375. The molecule has 21 heavy (non-hydrogen) atoms. The van der Waals surface area contributed by atoms with Gasteiger partial charge in [0.1, 0.15) is 11.4 Å². The molecule has 0 radical (unpaired) electrons. The number of aliphatic hydroxyl groups excluding tert-OH is 1. The number of carbonyl (C=O) groups is 1. The van der Waals surface area contributed by atoms with Crippen molar-refractivity contribution in [2.45, 2.75) is 33.6 Å². The van der Waals surface area contributed by atoms with Crippen LogP contribution in [0.4, 0.5) is 5.69 Å². The molecule has 0 fully saturated rings. The molecule has 0 spiro atoms. The predicted molar refractivity (Wildman–Crippen MR) is 87.0 cm³/mol. The highest BCUT2D eigenvalue weighted by Crippen LogP contribution is 2.37. The van der Waals surface area contributed by atoms with E-state index in [2.05, 4.69) is 4.99 Å². The average Bonchev–Trinajstić information content (AvgIpc) is 2.35. The normalized spacial score (nSPS) is 18.6.